The molecule has 1 fully saturated rings. The van der Waals surface area contributed by atoms with Gasteiger partial charge in [-0.1, -0.05) is 6.92 Å². The molecule has 2 aliphatic rings. The van der Waals surface area contributed by atoms with Gasteiger partial charge in [-0.05, 0) is 13.0 Å². The highest BCUT2D eigenvalue weighted by Gasteiger charge is 2.35. The van der Waals surface area contributed by atoms with Gasteiger partial charge in [0.05, 0.1) is 39.0 Å². The van der Waals surface area contributed by atoms with E-state index in [0.29, 0.717) is 44.0 Å². The summed E-state index contributed by atoms with van der Waals surface area (Å²) < 4.78 is 11.7. The summed E-state index contributed by atoms with van der Waals surface area (Å²) in [4.78, 5) is 44.5. The SMILES string of the molecule is C[C@H](CO)N1C[C@H](C)[C@H](CN(C)C(=O)CN2CCOCC2)Oc2ncc(-c3cncnc3)cc2C1=O. The Morgan fingerprint density at radius 3 is 2.64 bits per heavy atom. The minimum atomic E-state index is -0.401. The molecule has 0 unspecified atom stereocenters. The second-order valence-corrected chi connectivity index (χ2v) is 9.49. The largest absolute Gasteiger partial charge is 0.472 e. The summed E-state index contributed by atoms with van der Waals surface area (Å²) in [7, 11) is 1.77. The van der Waals surface area contributed by atoms with Gasteiger partial charge in [0.1, 0.15) is 18.0 Å². The monoisotopic (exact) mass is 498 g/mol. The zero-order chi connectivity index (χ0) is 25.7. The van der Waals surface area contributed by atoms with E-state index in [1.165, 1.54) is 6.33 Å². The minimum Gasteiger partial charge on any atom is -0.472 e. The molecule has 0 aromatic carbocycles. The Morgan fingerprint density at radius 2 is 1.94 bits per heavy atom. The molecule has 0 radical (unpaired) electrons. The molecule has 2 aliphatic heterocycles. The molecule has 0 saturated carbocycles. The molecule has 2 aromatic heterocycles. The van der Waals surface area contributed by atoms with Crippen LogP contribution in [0.25, 0.3) is 11.1 Å². The molecule has 2 amide bonds. The quantitative estimate of drug-likeness (QED) is 0.583. The van der Waals surface area contributed by atoms with Crippen LogP contribution >= 0.6 is 0 Å². The molecule has 194 valence electrons. The van der Waals surface area contributed by atoms with Crippen LogP contribution in [-0.2, 0) is 9.53 Å². The van der Waals surface area contributed by atoms with Gasteiger partial charge in [-0.3, -0.25) is 14.5 Å². The van der Waals surface area contributed by atoms with Crippen molar-refractivity contribution in [3.8, 4) is 17.0 Å². The summed E-state index contributed by atoms with van der Waals surface area (Å²) in [6, 6.07) is 1.33. The lowest BCUT2D eigenvalue weighted by atomic mass is 9.99. The standard InChI is InChI=1S/C25H34N6O5/c1-17-12-31(18(2)15-32)25(34)21-8-19(20-9-26-16-27-10-20)11-28-24(21)36-22(17)13-29(3)23(33)14-30-4-6-35-7-5-30/h8-11,16-18,22,32H,4-7,12-15H2,1-3H3/t17-,18+,22-/m0/s1. The number of aromatic nitrogens is 3. The molecule has 2 aromatic rings. The topological polar surface area (TPSA) is 121 Å². The number of likely N-dealkylation sites (N-methyl/N-ethyl adjacent to an activating group) is 1. The van der Waals surface area contributed by atoms with Crippen molar-refractivity contribution in [2.24, 2.45) is 5.92 Å². The van der Waals surface area contributed by atoms with Crippen molar-refractivity contribution in [2.75, 3.05) is 59.6 Å². The molecule has 0 bridgehead atoms. The fourth-order valence-corrected chi connectivity index (χ4v) is 4.37. The van der Waals surface area contributed by atoms with Crippen LogP contribution in [0.5, 0.6) is 5.88 Å². The first-order valence-electron chi connectivity index (χ1n) is 12.2. The van der Waals surface area contributed by atoms with Gasteiger partial charge in [0, 0.05) is 62.3 Å². The molecule has 3 atom stereocenters. The van der Waals surface area contributed by atoms with E-state index in [1.807, 2.05) is 13.8 Å². The average molecular weight is 499 g/mol. The predicted octanol–water partition coefficient (Wildman–Crippen LogP) is 0.549. The van der Waals surface area contributed by atoms with Gasteiger partial charge >= 0.3 is 0 Å². The van der Waals surface area contributed by atoms with Gasteiger partial charge in [0.25, 0.3) is 5.91 Å². The fourth-order valence-electron chi connectivity index (χ4n) is 4.37. The van der Waals surface area contributed by atoms with Gasteiger partial charge in [-0.25, -0.2) is 15.0 Å². The summed E-state index contributed by atoms with van der Waals surface area (Å²) in [5.74, 6) is -0.168. The fraction of sp³-hybridized carbons (Fsp3) is 0.560. The van der Waals surface area contributed by atoms with Crippen LogP contribution in [0.3, 0.4) is 0 Å². The van der Waals surface area contributed by atoms with E-state index in [9.17, 15) is 14.7 Å². The lowest BCUT2D eigenvalue weighted by Crippen LogP contribution is -2.51. The number of ether oxygens (including phenoxy) is 2. The maximum atomic E-state index is 13.6. The normalized spacial score (nSPS) is 21.7. The third kappa shape index (κ3) is 5.97. The van der Waals surface area contributed by atoms with E-state index >= 15 is 0 Å². The Labute approximate surface area is 211 Å². The molecular weight excluding hydrogens is 464 g/mol. The van der Waals surface area contributed by atoms with E-state index in [1.54, 1.807) is 41.5 Å². The Morgan fingerprint density at radius 1 is 1.22 bits per heavy atom. The lowest BCUT2D eigenvalue weighted by Gasteiger charge is -2.38. The molecule has 4 rings (SSSR count). The van der Waals surface area contributed by atoms with Crippen LogP contribution in [0.2, 0.25) is 0 Å². The number of rotatable bonds is 7. The van der Waals surface area contributed by atoms with Gasteiger partial charge < -0.3 is 24.4 Å². The number of hydrogen-bond acceptors (Lipinski definition) is 9. The van der Waals surface area contributed by atoms with Crippen molar-refractivity contribution in [1.29, 1.82) is 0 Å². The maximum absolute atomic E-state index is 13.6. The van der Waals surface area contributed by atoms with E-state index in [-0.39, 0.29) is 30.2 Å². The second kappa shape index (κ2) is 11.7. The Kier molecular flexibility index (Phi) is 8.44. The third-order valence-electron chi connectivity index (χ3n) is 6.76. The van der Waals surface area contributed by atoms with Crippen LogP contribution in [0, 0.1) is 5.92 Å². The summed E-state index contributed by atoms with van der Waals surface area (Å²) in [6.07, 6.45) is 5.97. The van der Waals surface area contributed by atoms with Crippen LogP contribution in [-0.4, -0.2) is 118 Å². The first kappa shape index (κ1) is 25.9. The molecule has 36 heavy (non-hydrogen) atoms. The Bertz CT molecular complexity index is 1050. The highest BCUT2D eigenvalue weighted by molar-refractivity contribution is 5.98. The van der Waals surface area contributed by atoms with Crippen molar-refractivity contribution in [2.45, 2.75) is 26.0 Å². The van der Waals surface area contributed by atoms with Crippen LogP contribution in [0.15, 0.2) is 31.0 Å². The van der Waals surface area contributed by atoms with E-state index in [2.05, 4.69) is 19.9 Å². The van der Waals surface area contributed by atoms with Crippen molar-refractivity contribution in [1.82, 2.24) is 29.7 Å². The number of carbonyl (C=O) groups is 2. The summed E-state index contributed by atoms with van der Waals surface area (Å²) in [5, 5.41) is 9.85. The highest BCUT2D eigenvalue weighted by Crippen LogP contribution is 2.30. The number of fused-ring (bicyclic) bond motifs is 1. The molecule has 1 N–H and O–H groups in total. The summed E-state index contributed by atoms with van der Waals surface area (Å²) in [5.41, 5.74) is 1.71. The van der Waals surface area contributed by atoms with Crippen molar-refractivity contribution >= 4 is 11.8 Å². The van der Waals surface area contributed by atoms with Crippen molar-refractivity contribution in [3.63, 3.8) is 0 Å². The zero-order valence-electron chi connectivity index (χ0n) is 21.0. The van der Waals surface area contributed by atoms with Crippen LogP contribution in [0.4, 0.5) is 0 Å². The van der Waals surface area contributed by atoms with E-state index in [4.69, 9.17) is 9.47 Å². The Hall–Kier alpha value is -3.15. The average Bonchev–Trinajstić information content (AvgIpc) is 2.91. The predicted molar refractivity (Wildman–Crippen MR) is 131 cm³/mol. The van der Waals surface area contributed by atoms with Gasteiger partial charge in [-0.15, -0.1) is 0 Å². The zero-order valence-corrected chi connectivity index (χ0v) is 21.0. The highest BCUT2D eigenvalue weighted by atomic mass is 16.5. The summed E-state index contributed by atoms with van der Waals surface area (Å²) in [6.45, 7) is 7.39. The number of aliphatic hydroxyl groups is 1. The maximum Gasteiger partial charge on any atom is 0.259 e. The second-order valence-electron chi connectivity index (χ2n) is 9.49. The number of morpholine rings is 1. The molecule has 4 heterocycles. The lowest BCUT2D eigenvalue weighted by molar-refractivity contribution is -0.133. The molecule has 1 saturated heterocycles. The Balaban J connectivity index is 1.59. The number of aliphatic hydroxyl groups excluding tert-OH is 1. The van der Waals surface area contributed by atoms with Crippen molar-refractivity contribution < 1.29 is 24.2 Å². The number of hydrogen-bond donors (Lipinski definition) is 1. The first-order chi connectivity index (χ1) is 17.4. The van der Waals surface area contributed by atoms with Crippen LogP contribution < -0.4 is 4.74 Å². The number of carbonyl (C=O) groups excluding carboxylic acids is 2. The molecule has 11 heteroatoms. The number of nitrogens with zero attached hydrogens (tertiary/aromatic N) is 6. The first-order valence-corrected chi connectivity index (χ1v) is 12.2. The van der Waals surface area contributed by atoms with Gasteiger partial charge in [0.2, 0.25) is 11.8 Å². The molecular formula is C25H34N6O5. The van der Waals surface area contributed by atoms with Gasteiger partial charge in [-0.2, -0.15) is 0 Å². The molecule has 0 aliphatic carbocycles. The summed E-state index contributed by atoms with van der Waals surface area (Å²) >= 11 is 0. The minimum absolute atomic E-state index is 0.000901. The van der Waals surface area contributed by atoms with E-state index < -0.39 is 12.1 Å². The van der Waals surface area contributed by atoms with Crippen LogP contribution in [0.1, 0.15) is 24.2 Å². The van der Waals surface area contributed by atoms with E-state index in [0.717, 1.165) is 18.7 Å². The van der Waals surface area contributed by atoms with Crippen molar-refractivity contribution in [3.05, 3.63) is 36.5 Å². The number of amides is 2. The number of pyridine rings is 1. The molecule has 11 nitrogen and oxygen atoms in total. The molecule has 0 spiro atoms. The van der Waals surface area contributed by atoms with Gasteiger partial charge in [0.15, 0.2) is 0 Å². The third-order valence-corrected chi connectivity index (χ3v) is 6.76. The smallest absolute Gasteiger partial charge is 0.259 e.